The van der Waals surface area contributed by atoms with Crippen LogP contribution in [0.4, 0.5) is 0 Å². The first-order chi connectivity index (χ1) is 5.52. The standard InChI is InChI=1S/C8H14N2O2/c1-4-3-6(9)7(8(4)12)10-5(2)11/h3,6-8,12H,9H2,1-2H3,(H,10,11)/t6-,7+,8+/m0/s1. The van der Waals surface area contributed by atoms with E-state index in [2.05, 4.69) is 5.32 Å². The Balaban J connectivity index is 2.63. The van der Waals surface area contributed by atoms with Crippen LogP contribution in [0.5, 0.6) is 0 Å². The Labute approximate surface area is 71.4 Å². The third-order valence-electron chi connectivity index (χ3n) is 2.05. The zero-order valence-corrected chi connectivity index (χ0v) is 7.24. The number of hydrogen-bond donors (Lipinski definition) is 3. The Kier molecular flexibility index (Phi) is 2.49. The fourth-order valence-corrected chi connectivity index (χ4v) is 1.41. The molecular weight excluding hydrogens is 156 g/mol. The number of carbonyl (C=O) groups is 1. The lowest BCUT2D eigenvalue weighted by Crippen LogP contribution is -2.49. The molecule has 1 rings (SSSR count). The maximum Gasteiger partial charge on any atom is 0.217 e. The summed E-state index contributed by atoms with van der Waals surface area (Å²) in [4.78, 5) is 10.7. The van der Waals surface area contributed by atoms with E-state index in [1.807, 2.05) is 0 Å². The largest absolute Gasteiger partial charge is 0.387 e. The van der Waals surface area contributed by atoms with Gasteiger partial charge in [-0.05, 0) is 12.5 Å². The van der Waals surface area contributed by atoms with Gasteiger partial charge in [0.25, 0.3) is 0 Å². The molecule has 0 fully saturated rings. The van der Waals surface area contributed by atoms with Crippen molar-refractivity contribution >= 4 is 5.91 Å². The van der Waals surface area contributed by atoms with E-state index < -0.39 is 6.10 Å². The summed E-state index contributed by atoms with van der Waals surface area (Å²) in [5.41, 5.74) is 6.48. The van der Waals surface area contributed by atoms with E-state index in [1.165, 1.54) is 6.92 Å². The number of nitrogens with one attached hydrogen (secondary N) is 1. The second kappa shape index (κ2) is 3.25. The van der Waals surface area contributed by atoms with E-state index >= 15 is 0 Å². The molecule has 0 aromatic carbocycles. The molecule has 4 heteroatoms. The monoisotopic (exact) mass is 170 g/mol. The molecule has 4 N–H and O–H groups in total. The van der Waals surface area contributed by atoms with Crippen molar-refractivity contribution in [2.45, 2.75) is 32.0 Å². The van der Waals surface area contributed by atoms with Gasteiger partial charge in [-0.2, -0.15) is 0 Å². The fourth-order valence-electron chi connectivity index (χ4n) is 1.41. The molecule has 0 spiro atoms. The smallest absolute Gasteiger partial charge is 0.217 e. The van der Waals surface area contributed by atoms with Gasteiger partial charge < -0.3 is 16.2 Å². The third-order valence-corrected chi connectivity index (χ3v) is 2.05. The van der Waals surface area contributed by atoms with Crippen LogP contribution in [0.3, 0.4) is 0 Å². The van der Waals surface area contributed by atoms with Crippen LogP contribution >= 0.6 is 0 Å². The lowest BCUT2D eigenvalue weighted by atomic mass is 10.1. The number of nitrogens with two attached hydrogens (primary N) is 1. The number of carbonyl (C=O) groups excluding carboxylic acids is 1. The molecule has 68 valence electrons. The molecule has 0 unspecified atom stereocenters. The van der Waals surface area contributed by atoms with Gasteiger partial charge in [0.2, 0.25) is 5.91 Å². The van der Waals surface area contributed by atoms with Crippen LogP contribution < -0.4 is 11.1 Å². The Hall–Kier alpha value is -0.870. The van der Waals surface area contributed by atoms with E-state index in [9.17, 15) is 9.90 Å². The van der Waals surface area contributed by atoms with Crippen molar-refractivity contribution in [2.75, 3.05) is 0 Å². The van der Waals surface area contributed by atoms with Crippen molar-refractivity contribution in [3.05, 3.63) is 11.6 Å². The molecule has 0 aliphatic heterocycles. The maximum absolute atomic E-state index is 10.7. The van der Waals surface area contributed by atoms with E-state index in [4.69, 9.17) is 5.73 Å². The molecule has 0 aromatic heterocycles. The van der Waals surface area contributed by atoms with Gasteiger partial charge in [-0.3, -0.25) is 4.79 Å². The number of amides is 1. The Morgan fingerprint density at radius 1 is 1.75 bits per heavy atom. The molecular formula is C8H14N2O2. The first-order valence-electron chi connectivity index (χ1n) is 3.91. The van der Waals surface area contributed by atoms with Gasteiger partial charge in [-0.1, -0.05) is 6.08 Å². The maximum atomic E-state index is 10.7. The lowest BCUT2D eigenvalue weighted by Gasteiger charge is -2.20. The van der Waals surface area contributed by atoms with Crippen LogP contribution in [0.1, 0.15) is 13.8 Å². The van der Waals surface area contributed by atoms with Crippen molar-refractivity contribution in [1.29, 1.82) is 0 Å². The second-order valence-corrected chi connectivity index (χ2v) is 3.16. The summed E-state index contributed by atoms with van der Waals surface area (Å²) >= 11 is 0. The van der Waals surface area contributed by atoms with Crippen LogP contribution in [-0.2, 0) is 4.79 Å². The van der Waals surface area contributed by atoms with Crippen LogP contribution in [-0.4, -0.2) is 29.2 Å². The zero-order valence-electron chi connectivity index (χ0n) is 7.24. The minimum absolute atomic E-state index is 0.169. The van der Waals surface area contributed by atoms with Gasteiger partial charge in [0.1, 0.15) is 0 Å². The highest BCUT2D eigenvalue weighted by atomic mass is 16.3. The van der Waals surface area contributed by atoms with Gasteiger partial charge >= 0.3 is 0 Å². The summed E-state index contributed by atoms with van der Waals surface area (Å²) in [6.07, 6.45) is 1.13. The lowest BCUT2D eigenvalue weighted by molar-refractivity contribution is -0.120. The summed E-state index contributed by atoms with van der Waals surface area (Å²) in [6, 6.07) is -0.633. The van der Waals surface area contributed by atoms with Gasteiger partial charge in [-0.25, -0.2) is 0 Å². The van der Waals surface area contributed by atoms with Gasteiger partial charge in [0.05, 0.1) is 12.1 Å². The normalized spacial score (nSPS) is 34.7. The summed E-state index contributed by atoms with van der Waals surface area (Å²) in [7, 11) is 0. The summed E-state index contributed by atoms with van der Waals surface area (Å²) in [5, 5.41) is 12.1. The molecule has 0 aromatic rings. The molecule has 0 bridgehead atoms. The van der Waals surface area contributed by atoms with Gasteiger partial charge in [0.15, 0.2) is 0 Å². The molecule has 0 heterocycles. The molecule has 0 saturated heterocycles. The number of aliphatic hydroxyl groups is 1. The average molecular weight is 170 g/mol. The van der Waals surface area contributed by atoms with Crippen LogP contribution in [0.2, 0.25) is 0 Å². The fraction of sp³-hybridized carbons (Fsp3) is 0.625. The minimum Gasteiger partial charge on any atom is -0.387 e. The third kappa shape index (κ3) is 1.65. The Morgan fingerprint density at radius 2 is 2.33 bits per heavy atom. The molecule has 12 heavy (non-hydrogen) atoms. The molecule has 0 saturated carbocycles. The summed E-state index contributed by atoms with van der Waals surface area (Å²) in [5.74, 6) is -0.169. The highest BCUT2D eigenvalue weighted by molar-refractivity contribution is 5.73. The summed E-state index contributed by atoms with van der Waals surface area (Å²) in [6.45, 7) is 3.21. The van der Waals surface area contributed by atoms with Gasteiger partial charge in [0, 0.05) is 13.0 Å². The molecule has 0 radical (unpaired) electrons. The van der Waals surface area contributed by atoms with Crippen molar-refractivity contribution in [3.8, 4) is 0 Å². The quantitative estimate of drug-likeness (QED) is 0.448. The van der Waals surface area contributed by atoms with Crippen LogP contribution in [0.15, 0.2) is 11.6 Å². The Bertz CT molecular complexity index is 225. The van der Waals surface area contributed by atoms with Crippen molar-refractivity contribution in [2.24, 2.45) is 5.73 Å². The predicted octanol–water partition coefficient (Wildman–Crippen LogP) is -0.861. The highest BCUT2D eigenvalue weighted by Crippen LogP contribution is 2.17. The van der Waals surface area contributed by atoms with Crippen molar-refractivity contribution in [3.63, 3.8) is 0 Å². The first-order valence-corrected chi connectivity index (χ1v) is 3.91. The van der Waals surface area contributed by atoms with Gasteiger partial charge in [-0.15, -0.1) is 0 Å². The summed E-state index contributed by atoms with van der Waals surface area (Å²) < 4.78 is 0. The van der Waals surface area contributed by atoms with E-state index in [-0.39, 0.29) is 18.0 Å². The second-order valence-electron chi connectivity index (χ2n) is 3.16. The SMILES string of the molecule is CC(=O)N[C@H]1[C@H](O)C(C)=C[C@@H]1N. The van der Waals surface area contributed by atoms with E-state index in [1.54, 1.807) is 13.0 Å². The topological polar surface area (TPSA) is 75.3 Å². The highest BCUT2D eigenvalue weighted by Gasteiger charge is 2.32. The van der Waals surface area contributed by atoms with Crippen molar-refractivity contribution in [1.82, 2.24) is 5.32 Å². The number of rotatable bonds is 1. The molecule has 1 aliphatic carbocycles. The number of aliphatic hydroxyl groups excluding tert-OH is 1. The van der Waals surface area contributed by atoms with Crippen LogP contribution in [0.25, 0.3) is 0 Å². The average Bonchev–Trinajstić information content (AvgIpc) is 2.16. The first kappa shape index (κ1) is 9.22. The van der Waals surface area contributed by atoms with Crippen LogP contribution in [0, 0.1) is 0 Å². The van der Waals surface area contributed by atoms with E-state index in [0.29, 0.717) is 0 Å². The molecule has 3 atom stereocenters. The predicted molar refractivity (Wildman–Crippen MR) is 45.3 cm³/mol. The zero-order chi connectivity index (χ0) is 9.30. The van der Waals surface area contributed by atoms with Crippen molar-refractivity contribution < 1.29 is 9.90 Å². The molecule has 1 amide bonds. The minimum atomic E-state index is -0.635. The number of hydrogen-bond acceptors (Lipinski definition) is 3. The molecule has 4 nitrogen and oxygen atoms in total. The molecule has 1 aliphatic rings. The Morgan fingerprint density at radius 3 is 2.67 bits per heavy atom. The van der Waals surface area contributed by atoms with E-state index in [0.717, 1.165) is 5.57 Å².